The molecule has 210 valence electrons. The molecule has 0 saturated carbocycles. The number of carbonyl (C=O) groups is 2. The van der Waals surface area contributed by atoms with E-state index >= 15 is 0 Å². The molecule has 0 unspecified atom stereocenters. The van der Waals surface area contributed by atoms with Crippen LogP contribution in [0.1, 0.15) is 58.1 Å². The number of amides is 2. The Morgan fingerprint density at radius 1 is 1.03 bits per heavy atom. The summed E-state index contributed by atoms with van der Waals surface area (Å²) in [6.45, 7) is 11.3. The summed E-state index contributed by atoms with van der Waals surface area (Å²) in [5, 5.41) is 2.97. The normalized spacial score (nSPS) is 12.2. The lowest BCUT2D eigenvalue weighted by molar-refractivity contribution is -0.141. The second-order valence-corrected chi connectivity index (χ2v) is 11.8. The van der Waals surface area contributed by atoms with Crippen molar-refractivity contribution in [3.8, 4) is 5.75 Å². The summed E-state index contributed by atoms with van der Waals surface area (Å²) in [4.78, 5) is 28.3. The third-order valence-electron chi connectivity index (χ3n) is 6.26. The molecule has 1 N–H and O–H groups in total. The van der Waals surface area contributed by atoms with Crippen LogP contribution in [0.4, 0.5) is 5.69 Å². The summed E-state index contributed by atoms with van der Waals surface area (Å²) in [6, 6.07) is 14.1. The molecule has 2 amide bonds. The van der Waals surface area contributed by atoms with Crippen molar-refractivity contribution in [1.82, 2.24) is 10.2 Å². The number of hydrogen-bond donors (Lipinski definition) is 1. The van der Waals surface area contributed by atoms with E-state index in [2.05, 4.69) is 5.32 Å². The predicted molar refractivity (Wildman–Crippen MR) is 153 cm³/mol. The van der Waals surface area contributed by atoms with E-state index in [-0.39, 0.29) is 24.8 Å². The zero-order valence-corrected chi connectivity index (χ0v) is 24.4. The first-order chi connectivity index (χ1) is 18.0. The first-order valence-electron chi connectivity index (χ1n) is 13.3. The van der Waals surface area contributed by atoms with Gasteiger partial charge in [0.1, 0.15) is 11.8 Å². The Hall–Kier alpha value is -3.07. The molecule has 0 saturated heterocycles. The molecule has 1 atom stereocenters. The van der Waals surface area contributed by atoms with Gasteiger partial charge >= 0.3 is 0 Å². The van der Waals surface area contributed by atoms with Gasteiger partial charge in [0.25, 0.3) is 0 Å². The second kappa shape index (κ2) is 14.8. The summed E-state index contributed by atoms with van der Waals surface area (Å²) >= 11 is 0. The fraction of sp³-hybridized carbons (Fsp3) is 0.517. The lowest BCUT2D eigenvalue weighted by Crippen LogP contribution is -2.49. The van der Waals surface area contributed by atoms with Gasteiger partial charge in [-0.05, 0) is 68.0 Å². The first kappa shape index (κ1) is 31.1. The monoisotopic (exact) mass is 545 g/mol. The van der Waals surface area contributed by atoms with Gasteiger partial charge in [0.2, 0.25) is 21.8 Å². The molecule has 0 aliphatic rings. The van der Waals surface area contributed by atoms with E-state index in [9.17, 15) is 18.0 Å². The van der Waals surface area contributed by atoms with Gasteiger partial charge in [0.05, 0.1) is 18.6 Å². The Bertz CT molecular complexity index is 1150. The maximum Gasteiger partial charge on any atom is 0.242 e. The minimum atomic E-state index is -3.56. The van der Waals surface area contributed by atoms with Crippen LogP contribution in [0.3, 0.4) is 0 Å². The van der Waals surface area contributed by atoms with Crippen molar-refractivity contribution in [3.05, 3.63) is 59.7 Å². The Labute approximate surface area is 228 Å². The average molecular weight is 546 g/mol. The zero-order chi connectivity index (χ0) is 28.3. The molecule has 0 aliphatic carbocycles. The van der Waals surface area contributed by atoms with Crippen molar-refractivity contribution in [2.45, 2.75) is 66.5 Å². The molecule has 8 nitrogen and oxygen atoms in total. The molecule has 0 aromatic heterocycles. The van der Waals surface area contributed by atoms with Crippen molar-refractivity contribution >= 4 is 27.5 Å². The molecule has 0 aliphatic heterocycles. The predicted octanol–water partition coefficient (Wildman–Crippen LogP) is 4.52. The van der Waals surface area contributed by atoms with E-state index in [1.54, 1.807) is 29.2 Å². The molecule has 0 heterocycles. The summed E-state index contributed by atoms with van der Waals surface area (Å²) < 4.78 is 31.8. The molecule has 0 bridgehead atoms. The van der Waals surface area contributed by atoms with Crippen molar-refractivity contribution in [3.63, 3.8) is 0 Å². The zero-order valence-electron chi connectivity index (χ0n) is 23.6. The molecule has 0 spiro atoms. The minimum Gasteiger partial charge on any atom is -0.494 e. The van der Waals surface area contributed by atoms with E-state index in [1.807, 2.05) is 58.9 Å². The lowest BCUT2D eigenvalue weighted by atomic mass is 10.0. The number of ether oxygens (including phenoxy) is 1. The molecular formula is C29H43N3O5S. The van der Waals surface area contributed by atoms with Crippen LogP contribution in [-0.4, -0.2) is 57.1 Å². The van der Waals surface area contributed by atoms with Gasteiger partial charge in [-0.15, -0.1) is 0 Å². The Kier molecular flexibility index (Phi) is 12.1. The van der Waals surface area contributed by atoms with Crippen molar-refractivity contribution in [2.24, 2.45) is 5.92 Å². The largest absolute Gasteiger partial charge is 0.494 e. The smallest absolute Gasteiger partial charge is 0.242 e. The summed E-state index contributed by atoms with van der Waals surface area (Å²) in [7, 11) is -3.56. The number of nitrogens with zero attached hydrogens (tertiary/aromatic N) is 2. The number of nitrogens with one attached hydrogen (secondary N) is 1. The maximum absolute atomic E-state index is 13.5. The van der Waals surface area contributed by atoms with Crippen LogP contribution in [0, 0.1) is 12.8 Å². The number of carbonyl (C=O) groups excluding carboxylic acids is 2. The number of aryl methyl sites for hydroxylation is 1. The number of anilines is 1. The summed E-state index contributed by atoms with van der Waals surface area (Å²) in [6.07, 6.45) is 2.06. The van der Waals surface area contributed by atoms with E-state index in [1.165, 1.54) is 4.31 Å². The Morgan fingerprint density at radius 2 is 1.68 bits per heavy atom. The third kappa shape index (κ3) is 9.35. The Balaban J connectivity index is 2.20. The van der Waals surface area contributed by atoms with Crippen LogP contribution in [0.5, 0.6) is 5.75 Å². The maximum atomic E-state index is 13.5. The molecule has 0 fully saturated rings. The SMILES string of the molecule is CCOc1ccc(N(CCCC(=O)N(Cc2ccccc2C)[C@H](CC)C(=O)NCC(C)C)S(C)(=O)=O)cc1. The van der Waals surface area contributed by atoms with E-state index in [0.717, 1.165) is 17.4 Å². The Morgan fingerprint density at radius 3 is 2.24 bits per heavy atom. The van der Waals surface area contributed by atoms with Gasteiger partial charge < -0.3 is 15.0 Å². The fourth-order valence-corrected chi connectivity index (χ4v) is 5.16. The van der Waals surface area contributed by atoms with Crippen LogP contribution in [0.15, 0.2) is 48.5 Å². The number of hydrogen-bond acceptors (Lipinski definition) is 5. The van der Waals surface area contributed by atoms with Crippen LogP contribution in [0.25, 0.3) is 0 Å². The van der Waals surface area contributed by atoms with Gasteiger partial charge in [-0.1, -0.05) is 45.0 Å². The van der Waals surface area contributed by atoms with E-state index < -0.39 is 16.1 Å². The van der Waals surface area contributed by atoms with Crippen LogP contribution in [-0.2, 0) is 26.2 Å². The first-order valence-corrected chi connectivity index (χ1v) is 15.1. The average Bonchev–Trinajstić information content (AvgIpc) is 2.86. The molecule has 2 rings (SSSR count). The second-order valence-electron chi connectivity index (χ2n) is 9.88. The van der Waals surface area contributed by atoms with Crippen molar-refractivity contribution in [2.75, 3.05) is 30.3 Å². The molecule has 9 heteroatoms. The standard InChI is InChI=1S/C29H43N3O5S/c1-7-27(29(34)30-20-22(3)4)31(21-24-13-10-9-12-23(24)5)28(33)14-11-19-32(38(6,35)36)25-15-17-26(18-16-25)37-8-2/h9-10,12-13,15-18,22,27H,7-8,11,14,19-21H2,1-6H3,(H,30,34)/t27-/m1/s1. The highest BCUT2D eigenvalue weighted by atomic mass is 32.2. The summed E-state index contributed by atoms with van der Waals surface area (Å²) in [5.74, 6) is 0.602. The highest BCUT2D eigenvalue weighted by Crippen LogP contribution is 2.23. The van der Waals surface area contributed by atoms with Gasteiger partial charge in [0.15, 0.2) is 0 Å². The number of benzene rings is 2. The van der Waals surface area contributed by atoms with Crippen LogP contribution < -0.4 is 14.4 Å². The molecule has 38 heavy (non-hydrogen) atoms. The van der Waals surface area contributed by atoms with Crippen LogP contribution in [0.2, 0.25) is 0 Å². The van der Waals surface area contributed by atoms with Gasteiger partial charge in [-0.3, -0.25) is 13.9 Å². The van der Waals surface area contributed by atoms with Crippen molar-refractivity contribution in [1.29, 1.82) is 0 Å². The molecule has 2 aromatic carbocycles. The quantitative estimate of drug-likeness (QED) is 0.355. The highest BCUT2D eigenvalue weighted by Gasteiger charge is 2.29. The third-order valence-corrected chi connectivity index (χ3v) is 7.45. The van der Waals surface area contributed by atoms with Gasteiger partial charge in [0, 0.05) is 26.1 Å². The molecule has 0 radical (unpaired) electrons. The topological polar surface area (TPSA) is 96.0 Å². The fourth-order valence-electron chi connectivity index (χ4n) is 4.19. The van der Waals surface area contributed by atoms with Gasteiger partial charge in [-0.2, -0.15) is 0 Å². The van der Waals surface area contributed by atoms with E-state index in [4.69, 9.17) is 4.74 Å². The summed E-state index contributed by atoms with van der Waals surface area (Å²) in [5.41, 5.74) is 2.53. The number of rotatable bonds is 15. The van der Waals surface area contributed by atoms with Gasteiger partial charge in [-0.25, -0.2) is 8.42 Å². The van der Waals surface area contributed by atoms with Crippen molar-refractivity contribution < 1.29 is 22.7 Å². The van der Waals surface area contributed by atoms with E-state index in [0.29, 0.717) is 49.9 Å². The lowest BCUT2D eigenvalue weighted by Gasteiger charge is -2.31. The highest BCUT2D eigenvalue weighted by molar-refractivity contribution is 7.92. The van der Waals surface area contributed by atoms with Crippen LogP contribution >= 0.6 is 0 Å². The minimum absolute atomic E-state index is 0.114. The molecular weight excluding hydrogens is 502 g/mol. The number of sulfonamides is 1. The molecule has 2 aromatic rings.